The molecule has 1 heterocycles. The first-order valence-electron chi connectivity index (χ1n) is 3.13. The van der Waals surface area contributed by atoms with Gasteiger partial charge in [-0.2, -0.15) is 0 Å². The van der Waals surface area contributed by atoms with Gasteiger partial charge in [-0.05, 0) is 25.2 Å². The van der Waals surface area contributed by atoms with Crippen LogP contribution in [0.4, 0.5) is 0 Å². The second kappa shape index (κ2) is 1.13. The normalized spacial score (nSPS) is 50.9. The highest BCUT2D eigenvalue weighted by atomic mass is 15.1. The van der Waals surface area contributed by atoms with E-state index in [9.17, 15) is 0 Å². The smallest absolute Gasteiger partial charge is 0.108 e. The summed E-state index contributed by atoms with van der Waals surface area (Å²) in [6.07, 6.45) is 5.49. The van der Waals surface area contributed by atoms with E-state index in [-0.39, 0.29) is 5.66 Å². The quantitative estimate of drug-likeness (QED) is 0.485. The topological polar surface area (TPSA) is 38.4 Å². The zero-order chi connectivity index (χ0) is 5.61. The maximum atomic E-state index is 5.80. The van der Waals surface area contributed by atoms with Crippen LogP contribution in [0.25, 0.3) is 0 Å². The lowest BCUT2D eigenvalue weighted by atomic mass is 10.1. The van der Waals surface area contributed by atoms with E-state index in [1.165, 1.54) is 6.42 Å². The van der Waals surface area contributed by atoms with Crippen LogP contribution in [0.3, 0.4) is 0 Å². The Bertz CT molecular complexity index is 141. The average Bonchev–Trinajstić information content (AvgIpc) is 2.21. The van der Waals surface area contributed by atoms with Crippen molar-refractivity contribution in [3.05, 3.63) is 0 Å². The molecule has 0 aromatic carbocycles. The van der Waals surface area contributed by atoms with Gasteiger partial charge in [0, 0.05) is 6.21 Å². The molecule has 0 amide bonds. The highest BCUT2D eigenvalue weighted by Gasteiger charge is 2.38. The van der Waals surface area contributed by atoms with Gasteiger partial charge < -0.3 is 5.73 Å². The van der Waals surface area contributed by atoms with Crippen LogP contribution in [0.15, 0.2) is 4.99 Å². The zero-order valence-corrected chi connectivity index (χ0v) is 4.80. The number of aliphatic imine (C=N–C) groups is 1. The lowest BCUT2D eigenvalue weighted by Crippen LogP contribution is -2.31. The average molecular weight is 110 g/mol. The van der Waals surface area contributed by atoms with E-state index in [2.05, 4.69) is 4.99 Å². The summed E-state index contributed by atoms with van der Waals surface area (Å²) in [6, 6.07) is 0. The Morgan fingerprint density at radius 2 is 2.62 bits per heavy atom. The third-order valence-corrected chi connectivity index (χ3v) is 2.11. The molecule has 2 heteroatoms. The summed E-state index contributed by atoms with van der Waals surface area (Å²) in [4.78, 5) is 4.19. The van der Waals surface area contributed by atoms with Crippen LogP contribution in [0.1, 0.15) is 19.3 Å². The van der Waals surface area contributed by atoms with E-state index in [1.54, 1.807) is 0 Å². The molecule has 44 valence electrons. The molecule has 0 aromatic rings. The first-order valence-corrected chi connectivity index (χ1v) is 3.13. The predicted molar refractivity (Wildman–Crippen MR) is 32.8 cm³/mol. The van der Waals surface area contributed by atoms with Gasteiger partial charge in [-0.25, -0.2) is 0 Å². The fraction of sp³-hybridized carbons (Fsp3) is 0.833. The van der Waals surface area contributed by atoms with Crippen LogP contribution in [0.5, 0.6) is 0 Å². The van der Waals surface area contributed by atoms with E-state index >= 15 is 0 Å². The Kier molecular flexibility index (Phi) is 0.637. The molecule has 2 N–H and O–H groups in total. The molecule has 1 aliphatic heterocycles. The van der Waals surface area contributed by atoms with Crippen molar-refractivity contribution in [3.63, 3.8) is 0 Å². The minimum absolute atomic E-state index is 0.120. The van der Waals surface area contributed by atoms with E-state index in [4.69, 9.17) is 5.73 Å². The van der Waals surface area contributed by atoms with Crippen molar-refractivity contribution in [1.29, 1.82) is 0 Å². The minimum atomic E-state index is -0.120. The fourth-order valence-electron chi connectivity index (χ4n) is 1.59. The number of hydrogen-bond acceptors (Lipinski definition) is 2. The highest BCUT2D eigenvalue weighted by molar-refractivity contribution is 5.65. The van der Waals surface area contributed by atoms with E-state index in [0.29, 0.717) is 0 Å². The Morgan fingerprint density at radius 1 is 1.75 bits per heavy atom. The fourth-order valence-corrected chi connectivity index (χ4v) is 1.59. The molecular weight excluding hydrogens is 100 g/mol. The van der Waals surface area contributed by atoms with Gasteiger partial charge >= 0.3 is 0 Å². The molecule has 2 bridgehead atoms. The van der Waals surface area contributed by atoms with Crippen LogP contribution in [0, 0.1) is 5.92 Å². The monoisotopic (exact) mass is 110 g/mol. The van der Waals surface area contributed by atoms with Crippen LogP contribution in [-0.2, 0) is 0 Å². The number of nitrogens with zero attached hydrogens (tertiary/aromatic N) is 1. The van der Waals surface area contributed by atoms with Crippen molar-refractivity contribution >= 4 is 6.21 Å². The molecule has 1 saturated carbocycles. The molecule has 0 aromatic heterocycles. The third kappa shape index (κ3) is 0.436. The Balaban J connectivity index is 2.33. The first kappa shape index (κ1) is 4.50. The van der Waals surface area contributed by atoms with Crippen LogP contribution in [0.2, 0.25) is 0 Å². The van der Waals surface area contributed by atoms with Crippen molar-refractivity contribution in [1.82, 2.24) is 0 Å². The van der Waals surface area contributed by atoms with Crippen molar-refractivity contribution in [3.8, 4) is 0 Å². The summed E-state index contributed by atoms with van der Waals surface area (Å²) in [5, 5.41) is 0. The predicted octanol–water partition coefficient (Wildman–Crippen LogP) is 0.526. The molecule has 0 saturated heterocycles. The van der Waals surface area contributed by atoms with Gasteiger partial charge in [0.1, 0.15) is 5.66 Å². The lowest BCUT2D eigenvalue weighted by molar-refractivity contribution is 0.475. The Morgan fingerprint density at radius 3 is 2.75 bits per heavy atom. The summed E-state index contributed by atoms with van der Waals surface area (Å²) < 4.78 is 0. The number of rotatable bonds is 0. The summed E-state index contributed by atoms with van der Waals surface area (Å²) >= 11 is 0. The van der Waals surface area contributed by atoms with Crippen LogP contribution in [-0.4, -0.2) is 11.9 Å². The third-order valence-electron chi connectivity index (χ3n) is 2.11. The minimum Gasteiger partial charge on any atom is -0.307 e. The second-order valence-corrected chi connectivity index (χ2v) is 2.88. The van der Waals surface area contributed by atoms with Gasteiger partial charge in [-0.3, -0.25) is 4.99 Å². The molecule has 2 rings (SSSR count). The molecule has 2 nitrogen and oxygen atoms in total. The zero-order valence-electron chi connectivity index (χ0n) is 4.80. The van der Waals surface area contributed by atoms with E-state index in [0.717, 1.165) is 18.8 Å². The second-order valence-electron chi connectivity index (χ2n) is 2.88. The lowest BCUT2D eigenvalue weighted by Gasteiger charge is -2.13. The molecule has 0 spiro atoms. The van der Waals surface area contributed by atoms with Gasteiger partial charge in [0.2, 0.25) is 0 Å². The van der Waals surface area contributed by atoms with Gasteiger partial charge in [0.15, 0.2) is 0 Å². The largest absolute Gasteiger partial charge is 0.307 e. The van der Waals surface area contributed by atoms with Crippen molar-refractivity contribution in [2.75, 3.05) is 0 Å². The van der Waals surface area contributed by atoms with Gasteiger partial charge in [0.05, 0.1) is 0 Å². The standard InChI is InChI=1S/C6H10N2/c7-6-2-1-5(3-6)4-8-6/h4-5H,1-3,7H2. The van der Waals surface area contributed by atoms with Crippen molar-refractivity contribution < 1.29 is 0 Å². The van der Waals surface area contributed by atoms with E-state index in [1.807, 2.05) is 6.21 Å². The van der Waals surface area contributed by atoms with Gasteiger partial charge in [-0.1, -0.05) is 0 Å². The molecule has 2 unspecified atom stereocenters. The molecule has 2 atom stereocenters. The van der Waals surface area contributed by atoms with Crippen LogP contribution >= 0.6 is 0 Å². The van der Waals surface area contributed by atoms with Gasteiger partial charge in [0.25, 0.3) is 0 Å². The number of nitrogens with two attached hydrogens (primary N) is 1. The van der Waals surface area contributed by atoms with Crippen molar-refractivity contribution in [2.45, 2.75) is 24.9 Å². The van der Waals surface area contributed by atoms with E-state index < -0.39 is 0 Å². The first-order chi connectivity index (χ1) is 3.79. The highest BCUT2D eigenvalue weighted by Crippen LogP contribution is 2.37. The summed E-state index contributed by atoms with van der Waals surface area (Å²) in [6.45, 7) is 0. The molecule has 0 radical (unpaired) electrons. The maximum absolute atomic E-state index is 5.80. The van der Waals surface area contributed by atoms with Crippen LogP contribution < -0.4 is 5.73 Å². The Hall–Kier alpha value is -0.370. The maximum Gasteiger partial charge on any atom is 0.108 e. The van der Waals surface area contributed by atoms with Gasteiger partial charge in [-0.15, -0.1) is 0 Å². The molecule has 1 fully saturated rings. The summed E-state index contributed by atoms with van der Waals surface area (Å²) in [5.41, 5.74) is 5.68. The molecule has 1 aliphatic carbocycles. The molecule has 2 aliphatic rings. The Labute approximate surface area is 48.8 Å². The number of hydrogen-bond donors (Lipinski definition) is 1. The number of fused-ring (bicyclic) bond motifs is 2. The van der Waals surface area contributed by atoms with Crippen molar-refractivity contribution in [2.24, 2.45) is 16.6 Å². The SMILES string of the molecule is NC12CCC(C=N1)C2. The molecular formula is C6H10N2. The summed E-state index contributed by atoms with van der Waals surface area (Å²) in [5.74, 6) is 0.722. The summed E-state index contributed by atoms with van der Waals surface area (Å²) in [7, 11) is 0. The molecule has 8 heavy (non-hydrogen) atoms.